The molecular formula is C9H10ClO2. The predicted molar refractivity (Wildman–Crippen MR) is 48.0 cm³/mol. The van der Waals surface area contributed by atoms with Crippen LogP contribution in [0.25, 0.3) is 0 Å². The molecule has 0 fully saturated rings. The van der Waals surface area contributed by atoms with Crippen molar-refractivity contribution in [3.63, 3.8) is 0 Å². The predicted octanol–water partition coefficient (Wildman–Crippen LogP) is 2.11. The molecule has 1 aromatic carbocycles. The number of methoxy groups -OCH3 is 1. The Balaban J connectivity index is 2.60. The van der Waals surface area contributed by atoms with Crippen LogP contribution in [0.5, 0.6) is 11.5 Å². The lowest BCUT2D eigenvalue weighted by atomic mass is 10.3. The van der Waals surface area contributed by atoms with Gasteiger partial charge in [0.05, 0.1) is 13.0 Å². The van der Waals surface area contributed by atoms with E-state index in [0.717, 1.165) is 11.5 Å². The van der Waals surface area contributed by atoms with E-state index in [1.165, 1.54) is 0 Å². The summed E-state index contributed by atoms with van der Waals surface area (Å²) in [5.74, 6) is 1.95. The van der Waals surface area contributed by atoms with Crippen molar-refractivity contribution in [2.45, 2.75) is 0 Å². The summed E-state index contributed by atoms with van der Waals surface area (Å²) >= 11 is 5.46. The Morgan fingerprint density at radius 1 is 1.42 bits per heavy atom. The van der Waals surface area contributed by atoms with Crippen LogP contribution in [-0.2, 0) is 0 Å². The molecule has 0 saturated heterocycles. The summed E-state index contributed by atoms with van der Waals surface area (Å²) in [6, 6.07) is 8.18. The van der Waals surface area contributed by atoms with Gasteiger partial charge in [0.15, 0.2) is 0 Å². The third-order valence-corrected chi connectivity index (χ3v) is 1.47. The minimum atomic E-state index is 0.483. The van der Waals surface area contributed by atoms with Crippen molar-refractivity contribution in [3.8, 4) is 11.5 Å². The SMILES string of the molecule is COc1c[c]cc(OCCCl)c1. The lowest BCUT2D eigenvalue weighted by Crippen LogP contribution is -1.97. The summed E-state index contributed by atoms with van der Waals surface area (Å²) in [4.78, 5) is 0. The number of hydrogen-bond acceptors (Lipinski definition) is 2. The second-order valence-corrected chi connectivity index (χ2v) is 2.52. The minimum absolute atomic E-state index is 0.483. The molecule has 0 spiro atoms. The first kappa shape index (κ1) is 9.20. The van der Waals surface area contributed by atoms with Crippen LogP contribution < -0.4 is 9.47 Å². The van der Waals surface area contributed by atoms with E-state index in [-0.39, 0.29) is 0 Å². The Kier molecular flexibility index (Phi) is 3.74. The van der Waals surface area contributed by atoms with Gasteiger partial charge in [-0.15, -0.1) is 11.6 Å². The van der Waals surface area contributed by atoms with Crippen LogP contribution in [-0.4, -0.2) is 19.6 Å². The van der Waals surface area contributed by atoms with Gasteiger partial charge >= 0.3 is 0 Å². The van der Waals surface area contributed by atoms with Gasteiger partial charge in [-0.1, -0.05) is 0 Å². The average Bonchev–Trinajstić information content (AvgIpc) is 2.15. The number of benzene rings is 1. The quantitative estimate of drug-likeness (QED) is 0.669. The van der Waals surface area contributed by atoms with Gasteiger partial charge in [-0.2, -0.15) is 0 Å². The summed E-state index contributed by atoms with van der Waals surface area (Å²) < 4.78 is 10.2. The monoisotopic (exact) mass is 185 g/mol. The molecule has 0 aromatic heterocycles. The number of alkyl halides is 1. The van der Waals surface area contributed by atoms with E-state index in [1.807, 2.05) is 0 Å². The Morgan fingerprint density at radius 3 is 2.83 bits per heavy atom. The second-order valence-electron chi connectivity index (χ2n) is 2.15. The van der Waals surface area contributed by atoms with Crippen molar-refractivity contribution in [3.05, 3.63) is 24.3 Å². The molecule has 65 valence electrons. The van der Waals surface area contributed by atoms with E-state index in [4.69, 9.17) is 21.1 Å². The average molecular weight is 186 g/mol. The maximum atomic E-state index is 5.46. The van der Waals surface area contributed by atoms with Crippen LogP contribution >= 0.6 is 11.6 Å². The van der Waals surface area contributed by atoms with Crippen LogP contribution in [0.1, 0.15) is 0 Å². The van der Waals surface area contributed by atoms with Gasteiger partial charge in [-0.3, -0.25) is 0 Å². The molecule has 0 aliphatic carbocycles. The molecule has 3 heteroatoms. The summed E-state index contributed by atoms with van der Waals surface area (Å²) in [5, 5.41) is 0. The molecule has 1 aromatic rings. The fourth-order valence-corrected chi connectivity index (χ4v) is 0.864. The number of hydrogen-bond donors (Lipinski definition) is 0. The maximum Gasteiger partial charge on any atom is 0.123 e. The number of halogens is 1. The van der Waals surface area contributed by atoms with Gasteiger partial charge in [-0.25, -0.2) is 0 Å². The van der Waals surface area contributed by atoms with Crippen LogP contribution in [0.2, 0.25) is 0 Å². The first-order chi connectivity index (χ1) is 5.86. The van der Waals surface area contributed by atoms with Crippen molar-refractivity contribution < 1.29 is 9.47 Å². The maximum absolute atomic E-state index is 5.46. The second kappa shape index (κ2) is 4.88. The van der Waals surface area contributed by atoms with Gasteiger partial charge in [0.25, 0.3) is 0 Å². The van der Waals surface area contributed by atoms with Gasteiger partial charge < -0.3 is 9.47 Å². The first-order valence-electron chi connectivity index (χ1n) is 3.60. The largest absolute Gasteiger partial charge is 0.497 e. The Bertz CT molecular complexity index is 238. The van der Waals surface area contributed by atoms with E-state index in [2.05, 4.69) is 6.07 Å². The van der Waals surface area contributed by atoms with Crippen molar-refractivity contribution in [1.82, 2.24) is 0 Å². The van der Waals surface area contributed by atoms with Gasteiger partial charge in [-0.05, 0) is 18.2 Å². The van der Waals surface area contributed by atoms with Gasteiger partial charge in [0.1, 0.15) is 18.1 Å². The van der Waals surface area contributed by atoms with Crippen LogP contribution in [0.4, 0.5) is 0 Å². The van der Waals surface area contributed by atoms with Gasteiger partial charge in [0, 0.05) is 6.07 Å². The van der Waals surface area contributed by atoms with E-state index < -0.39 is 0 Å². The zero-order valence-corrected chi connectivity index (χ0v) is 7.60. The van der Waals surface area contributed by atoms with E-state index >= 15 is 0 Å². The molecule has 0 heterocycles. The van der Waals surface area contributed by atoms with Crippen molar-refractivity contribution in [2.75, 3.05) is 19.6 Å². The third kappa shape index (κ3) is 2.62. The Hall–Kier alpha value is -0.890. The molecule has 0 aliphatic heterocycles. The molecular weight excluding hydrogens is 176 g/mol. The Labute approximate surface area is 77.1 Å². The molecule has 12 heavy (non-hydrogen) atoms. The first-order valence-corrected chi connectivity index (χ1v) is 4.14. The molecule has 0 saturated carbocycles. The molecule has 0 unspecified atom stereocenters. The van der Waals surface area contributed by atoms with E-state index in [9.17, 15) is 0 Å². The fourth-order valence-electron chi connectivity index (χ4n) is 0.787. The van der Waals surface area contributed by atoms with Crippen molar-refractivity contribution >= 4 is 11.6 Å². The normalized spacial score (nSPS) is 9.50. The summed E-state index contributed by atoms with van der Waals surface area (Å²) in [6.07, 6.45) is 0. The molecule has 1 rings (SSSR count). The van der Waals surface area contributed by atoms with Crippen molar-refractivity contribution in [2.24, 2.45) is 0 Å². The summed E-state index contributed by atoms with van der Waals surface area (Å²) in [6.45, 7) is 0.503. The smallest absolute Gasteiger partial charge is 0.123 e. The standard InChI is InChI=1S/C9H10ClO2/c1-11-8-3-2-4-9(7-8)12-6-5-10/h3-4,7H,5-6H2,1H3. The topological polar surface area (TPSA) is 18.5 Å². The van der Waals surface area contributed by atoms with E-state index in [0.29, 0.717) is 12.5 Å². The van der Waals surface area contributed by atoms with Crippen LogP contribution in [0.3, 0.4) is 0 Å². The fraction of sp³-hybridized carbons (Fsp3) is 0.333. The molecule has 0 aliphatic rings. The third-order valence-electron chi connectivity index (χ3n) is 1.32. The Morgan fingerprint density at radius 2 is 2.17 bits per heavy atom. The number of rotatable bonds is 4. The molecule has 0 N–H and O–H groups in total. The molecule has 0 bridgehead atoms. The van der Waals surface area contributed by atoms with Gasteiger partial charge in [0.2, 0.25) is 0 Å². The highest BCUT2D eigenvalue weighted by atomic mass is 35.5. The molecule has 1 radical (unpaired) electrons. The van der Waals surface area contributed by atoms with Crippen molar-refractivity contribution in [1.29, 1.82) is 0 Å². The van der Waals surface area contributed by atoms with Crippen LogP contribution in [0.15, 0.2) is 18.2 Å². The summed E-state index contributed by atoms with van der Waals surface area (Å²) in [7, 11) is 1.61. The molecule has 2 nitrogen and oxygen atoms in total. The van der Waals surface area contributed by atoms with Crippen LogP contribution in [0, 0.1) is 6.07 Å². The number of ether oxygens (including phenoxy) is 2. The lowest BCUT2D eigenvalue weighted by Gasteiger charge is -2.04. The minimum Gasteiger partial charge on any atom is -0.497 e. The lowest BCUT2D eigenvalue weighted by molar-refractivity contribution is 0.338. The van der Waals surface area contributed by atoms with E-state index in [1.54, 1.807) is 25.3 Å². The molecule has 0 atom stereocenters. The molecule has 0 amide bonds. The highest BCUT2D eigenvalue weighted by molar-refractivity contribution is 6.17. The zero-order chi connectivity index (χ0) is 8.81. The highest BCUT2D eigenvalue weighted by Gasteiger charge is 1.95. The highest BCUT2D eigenvalue weighted by Crippen LogP contribution is 2.18. The summed E-state index contributed by atoms with van der Waals surface area (Å²) in [5.41, 5.74) is 0. The zero-order valence-electron chi connectivity index (χ0n) is 6.84.